The highest BCUT2D eigenvalue weighted by molar-refractivity contribution is 7.89. The van der Waals surface area contributed by atoms with E-state index < -0.39 is 15.8 Å². The Morgan fingerprint density at radius 2 is 1.62 bits per heavy atom. The molecule has 0 unspecified atom stereocenters. The Hall–Kier alpha value is -3.37. The van der Waals surface area contributed by atoms with Crippen molar-refractivity contribution in [1.29, 1.82) is 0 Å². The summed E-state index contributed by atoms with van der Waals surface area (Å²) in [5, 5.41) is 3.96. The van der Waals surface area contributed by atoms with Crippen LogP contribution in [0.15, 0.2) is 64.0 Å². The number of carbonyl (C=O) groups is 1. The van der Waals surface area contributed by atoms with Crippen LogP contribution >= 0.6 is 0 Å². The maximum Gasteiger partial charge on any atom is 0.276 e. The van der Waals surface area contributed by atoms with Crippen LogP contribution in [0.5, 0.6) is 0 Å². The second-order valence-electron chi connectivity index (χ2n) is 8.21. The summed E-state index contributed by atoms with van der Waals surface area (Å²) in [5.74, 6) is -0.665. The van der Waals surface area contributed by atoms with Crippen molar-refractivity contribution >= 4 is 21.5 Å². The molecule has 0 bridgehead atoms. The molecule has 5 rings (SSSR count). The highest BCUT2D eigenvalue weighted by Crippen LogP contribution is 2.29. The lowest BCUT2D eigenvalue weighted by molar-refractivity contribution is 0.0761. The Labute approximate surface area is 195 Å². The van der Waals surface area contributed by atoms with Gasteiger partial charge in [0, 0.05) is 38.2 Å². The van der Waals surface area contributed by atoms with E-state index in [1.807, 2.05) is 6.08 Å². The van der Waals surface area contributed by atoms with E-state index in [1.54, 1.807) is 17.0 Å². The van der Waals surface area contributed by atoms with Gasteiger partial charge in [-0.25, -0.2) is 17.2 Å². The molecule has 2 aliphatic heterocycles. The van der Waals surface area contributed by atoms with E-state index in [9.17, 15) is 22.0 Å². The van der Waals surface area contributed by atoms with Crippen LogP contribution in [0.3, 0.4) is 0 Å². The fourth-order valence-electron chi connectivity index (χ4n) is 4.24. The zero-order valence-electron chi connectivity index (χ0n) is 18.1. The van der Waals surface area contributed by atoms with Crippen LogP contribution < -0.4 is 0 Å². The van der Waals surface area contributed by atoms with Gasteiger partial charge in [0.15, 0.2) is 5.69 Å². The Morgan fingerprint density at radius 1 is 0.941 bits per heavy atom. The largest absolute Gasteiger partial charge is 0.360 e. The van der Waals surface area contributed by atoms with Crippen LogP contribution in [0.2, 0.25) is 0 Å². The molecule has 1 aromatic heterocycles. The number of fused-ring (bicyclic) bond motifs is 1. The molecule has 0 N–H and O–H groups in total. The van der Waals surface area contributed by atoms with Gasteiger partial charge in [0.2, 0.25) is 10.0 Å². The van der Waals surface area contributed by atoms with Crippen molar-refractivity contribution in [3.8, 4) is 0 Å². The van der Waals surface area contributed by atoms with Crippen molar-refractivity contribution in [3.05, 3.63) is 88.8 Å². The average Bonchev–Trinajstić information content (AvgIpc) is 3.28. The quantitative estimate of drug-likeness (QED) is 0.564. The van der Waals surface area contributed by atoms with Crippen LogP contribution in [0.25, 0.3) is 5.57 Å². The molecule has 0 fully saturated rings. The van der Waals surface area contributed by atoms with Crippen LogP contribution in [-0.4, -0.2) is 48.3 Å². The SMILES string of the molecule is O=C(c1noc2c1CN(S(=O)(=O)c1ccc(F)cc1)CC2)N1CC=C(c2ccc(F)cc2)CC1. The van der Waals surface area contributed by atoms with Crippen LogP contribution in [0.1, 0.15) is 33.8 Å². The van der Waals surface area contributed by atoms with Gasteiger partial charge in [-0.15, -0.1) is 0 Å². The number of nitrogens with zero attached hydrogens (tertiary/aromatic N) is 3. The summed E-state index contributed by atoms with van der Waals surface area (Å²) < 4.78 is 59.1. The summed E-state index contributed by atoms with van der Waals surface area (Å²) in [6.07, 6.45) is 2.81. The third-order valence-electron chi connectivity index (χ3n) is 6.16. The van der Waals surface area contributed by atoms with Crippen molar-refractivity contribution in [3.63, 3.8) is 0 Å². The molecule has 176 valence electrons. The molecular formula is C24H21F2N3O4S. The smallest absolute Gasteiger partial charge is 0.276 e. The topological polar surface area (TPSA) is 83.7 Å². The van der Waals surface area contributed by atoms with Crippen molar-refractivity contribution in [2.75, 3.05) is 19.6 Å². The van der Waals surface area contributed by atoms with Gasteiger partial charge in [-0.1, -0.05) is 23.4 Å². The Morgan fingerprint density at radius 3 is 2.26 bits per heavy atom. The zero-order valence-corrected chi connectivity index (χ0v) is 18.9. The fourth-order valence-corrected chi connectivity index (χ4v) is 5.65. The average molecular weight is 486 g/mol. The highest BCUT2D eigenvalue weighted by atomic mass is 32.2. The number of sulfonamides is 1. The molecular weight excluding hydrogens is 464 g/mol. The van der Waals surface area contributed by atoms with Gasteiger partial charge < -0.3 is 9.42 Å². The first kappa shape index (κ1) is 22.4. The second kappa shape index (κ2) is 8.77. The van der Waals surface area contributed by atoms with Crippen molar-refractivity contribution in [2.24, 2.45) is 0 Å². The highest BCUT2D eigenvalue weighted by Gasteiger charge is 2.35. The van der Waals surface area contributed by atoms with Crippen molar-refractivity contribution < 1.29 is 26.5 Å². The zero-order chi connectivity index (χ0) is 23.9. The number of halogens is 2. The molecule has 0 saturated carbocycles. The molecule has 0 radical (unpaired) electrons. The number of amides is 1. The first-order chi connectivity index (χ1) is 16.3. The summed E-state index contributed by atoms with van der Waals surface area (Å²) in [7, 11) is -3.87. The molecule has 10 heteroatoms. The summed E-state index contributed by atoms with van der Waals surface area (Å²) in [4.78, 5) is 14.8. The molecule has 0 atom stereocenters. The number of hydrogen-bond acceptors (Lipinski definition) is 5. The summed E-state index contributed by atoms with van der Waals surface area (Å²) in [6, 6.07) is 10.9. The van der Waals surface area contributed by atoms with Crippen molar-refractivity contribution in [2.45, 2.75) is 24.3 Å². The number of carbonyl (C=O) groups excluding carboxylic acids is 1. The first-order valence-electron chi connectivity index (χ1n) is 10.8. The fraction of sp³-hybridized carbons (Fsp3) is 0.250. The van der Waals surface area contributed by atoms with Gasteiger partial charge in [-0.2, -0.15) is 4.31 Å². The van der Waals surface area contributed by atoms with Crippen molar-refractivity contribution in [1.82, 2.24) is 14.4 Å². The Kier molecular flexibility index (Phi) is 5.78. The van der Waals surface area contributed by atoms with E-state index >= 15 is 0 Å². The minimum absolute atomic E-state index is 0.0174. The molecule has 0 saturated heterocycles. The molecule has 0 aliphatic carbocycles. The molecule has 2 aliphatic rings. The Bertz CT molecular complexity index is 1370. The first-order valence-corrected chi connectivity index (χ1v) is 12.2. The molecule has 34 heavy (non-hydrogen) atoms. The van der Waals surface area contributed by atoms with Crippen LogP contribution in [0, 0.1) is 11.6 Å². The summed E-state index contributed by atoms with van der Waals surface area (Å²) >= 11 is 0. The third kappa shape index (κ3) is 4.14. The third-order valence-corrected chi connectivity index (χ3v) is 8.02. The lowest BCUT2D eigenvalue weighted by Crippen LogP contribution is -2.38. The maximum absolute atomic E-state index is 13.2. The van der Waals surface area contributed by atoms with Crippen LogP contribution in [-0.2, 0) is 23.0 Å². The van der Waals surface area contributed by atoms with Gasteiger partial charge in [0.25, 0.3) is 5.91 Å². The lowest BCUT2D eigenvalue weighted by Gasteiger charge is -2.28. The van der Waals surface area contributed by atoms with Gasteiger partial charge in [0.1, 0.15) is 17.4 Å². The van der Waals surface area contributed by atoms with E-state index in [2.05, 4.69) is 5.16 Å². The van der Waals surface area contributed by atoms with Gasteiger partial charge in [-0.05, 0) is 54.0 Å². The minimum atomic E-state index is -3.87. The van der Waals surface area contributed by atoms with Gasteiger partial charge in [0.05, 0.1) is 4.90 Å². The number of hydrogen-bond donors (Lipinski definition) is 0. The van der Waals surface area contributed by atoms with Gasteiger partial charge >= 0.3 is 0 Å². The second-order valence-corrected chi connectivity index (χ2v) is 10.2. The number of benzene rings is 2. The Balaban J connectivity index is 1.34. The van der Waals surface area contributed by atoms with Gasteiger partial charge in [-0.3, -0.25) is 4.79 Å². The molecule has 3 aromatic rings. The van der Waals surface area contributed by atoms with E-state index in [0.29, 0.717) is 30.8 Å². The minimum Gasteiger partial charge on any atom is -0.360 e. The predicted octanol–water partition coefficient (Wildman–Crippen LogP) is 3.63. The monoisotopic (exact) mass is 485 g/mol. The molecule has 2 aromatic carbocycles. The number of rotatable bonds is 4. The molecule has 7 nitrogen and oxygen atoms in total. The van der Waals surface area contributed by atoms with Crippen LogP contribution in [0.4, 0.5) is 8.78 Å². The van der Waals surface area contributed by atoms with E-state index in [-0.39, 0.29) is 41.8 Å². The number of aromatic nitrogens is 1. The summed E-state index contributed by atoms with van der Waals surface area (Å²) in [6.45, 7) is 0.916. The lowest BCUT2D eigenvalue weighted by atomic mass is 9.99. The summed E-state index contributed by atoms with van der Waals surface area (Å²) in [5.41, 5.74) is 2.50. The maximum atomic E-state index is 13.2. The molecule has 0 spiro atoms. The normalized spacial score (nSPS) is 16.8. The van der Waals surface area contributed by atoms with E-state index in [4.69, 9.17) is 4.52 Å². The molecule has 1 amide bonds. The predicted molar refractivity (Wildman–Crippen MR) is 119 cm³/mol. The van der Waals surface area contributed by atoms with E-state index in [1.165, 1.54) is 28.6 Å². The molecule has 3 heterocycles. The standard InChI is InChI=1S/C24H21F2N3O4S/c25-18-3-1-16(2-4-18)17-9-12-28(13-10-17)24(30)23-21-15-29(14-11-22(21)33-27-23)34(31,32)20-7-5-19(26)6-8-20/h1-9H,10-15H2. The van der Waals surface area contributed by atoms with E-state index in [0.717, 1.165) is 23.3 Å².